The minimum absolute atomic E-state index is 0.0537. The van der Waals surface area contributed by atoms with Crippen LogP contribution in [0.5, 0.6) is 0 Å². The van der Waals surface area contributed by atoms with Crippen LogP contribution in [0.4, 0.5) is 4.39 Å². The number of hydrogen-bond acceptors (Lipinski definition) is 4. The van der Waals surface area contributed by atoms with Gasteiger partial charge in [-0.2, -0.15) is 0 Å². The lowest BCUT2D eigenvalue weighted by molar-refractivity contribution is -0.142. The lowest BCUT2D eigenvalue weighted by Gasteiger charge is -2.35. The van der Waals surface area contributed by atoms with Crippen molar-refractivity contribution < 1.29 is 23.6 Å². The van der Waals surface area contributed by atoms with Gasteiger partial charge in [0, 0.05) is 52.0 Å². The second kappa shape index (κ2) is 8.28. The Bertz CT molecular complexity index is 726. The molecule has 0 atom stereocenters. The summed E-state index contributed by atoms with van der Waals surface area (Å²) in [5.74, 6) is -0.946. The first-order valence-corrected chi connectivity index (χ1v) is 9.07. The SMILES string of the molecule is O=C(CCN1C(=O)CCC1=O)N1CCN(C(=O)Cc2ccc(F)cc2)CC1. The average Bonchev–Trinajstić information content (AvgIpc) is 2.99. The number of carbonyl (C=O) groups excluding carboxylic acids is 4. The number of carbonyl (C=O) groups is 4. The molecule has 0 bridgehead atoms. The number of amides is 4. The van der Waals surface area contributed by atoms with Gasteiger partial charge in [0.15, 0.2) is 0 Å². The lowest BCUT2D eigenvalue weighted by atomic mass is 10.1. The van der Waals surface area contributed by atoms with Crippen LogP contribution in [0.1, 0.15) is 24.8 Å². The van der Waals surface area contributed by atoms with Crippen LogP contribution in [-0.4, -0.2) is 71.1 Å². The molecule has 0 aliphatic carbocycles. The molecule has 4 amide bonds. The first-order chi connectivity index (χ1) is 12.9. The fraction of sp³-hybridized carbons (Fsp3) is 0.474. The maximum Gasteiger partial charge on any atom is 0.229 e. The van der Waals surface area contributed by atoms with Gasteiger partial charge in [0.1, 0.15) is 5.82 Å². The topological polar surface area (TPSA) is 78.0 Å². The van der Waals surface area contributed by atoms with Gasteiger partial charge in [0.25, 0.3) is 0 Å². The van der Waals surface area contributed by atoms with Gasteiger partial charge in [-0.05, 0) is 17.7 Å². The van der Waals surface area contributed by atoms with Crippen molar-refractivity contribution in [2.75, 3.05) is 32.7 Å². The van der Waals surface area contributed by atoms with Crippen LogP contribution in [0.25, 0.3) is 0 Å². The van der Waals surface area contributed by atoms with E-state index in [1.54, 1.807) is 21.9 Å². The van der Waals surface area contributed by atoms with Crippen molar-refractivity contribution in [1.82, 2.24) is 14.7 Å². The molecule has 8 heteroatoms. The molecule has 3 rings (SSSR count). The molecule has 144 valence electrons. The van der Waals surface area contributed by atoms with Gasteiger partial charge in [0.2, 0.25) is 23.6 Å². The molecule has 2 fully saturated rings. The van der Waals surface area contributed by atoms with E-state index in [-0.39, 0.29) is 61.7 Å². The Balaban J connectivity index is 1.43. The van der Waals surface area contributed by atoms with E-state index in [0.717, 1.165) is 10.5 Å². The smallest absolute Gasteiger partial charge is 0.229 e. The van der Waals surface area contributed by atoms with E-state index in [1.165, 1.54) is 12.1 Å². The van der Waals surface area contributed by atoms with Gasteiger partial charge in [-0.15, -0.1) is 0 Å². The third-order valence-electron chi connectivity index (χ3n) is 4.96. The number of nitrogens with zero attached hydrogens (tertiary/aromatic N) is 3. The van der Waals surface area contributed by atoms with Crippen molar-refractivity contribution in [2.45, 2.75) is 25.7 Å². The predicted octanol–water partition coefficient (Wildman–Crippen LogP) is 0.578. The van der Waals surface area contributed by atoms with Gasteiger partial charge < -0.3 is 9.80 Å². The normalized spacial score (nSPS) is 17.6. The highest BCUT2D eigenvalue weighted by molar-refractivity contribution is 6.02. The summed E-state index contributed by atoms with van der Waals surface area (Å²) in [6.07, 6.45) is 0.762. The standard InChI is InChI=1S/C19H22FN3O4/c20-15-3-1-14(2-4-15)13-19(27)22-11-9-21(10-12-22)16(24)7-8-23-17(25)5-6-18(23)26/h1-4H,5-13H2. The average molecular weight is 375 g/mol. The Labute approximate surface area is 156 Å². The zero-order valence-electron chi connectivity index (χ0n) is 15.0. The van der Waals surface area contributed by atoms with Crippen LogP contribution in [0.2, 0.25) is 0 Å². The van der Waals surface area contributed by atoms with Crippen molar-refractivity contribution >= 4 is 23.6 Å². The maximum absolute atomic E-state index is 12.9. The van der Waals surface area contributed by atoms with E-state index < -0.39 is 0 Å². The Hall–Kier alpha value is -2.77. The summed E-state index contributed by atoms with van der Waals surface area (Å²) < 4.78 is 12.9. The lowest BCUT2D eigenvalue weighted by Crippen LogP contribution is -2.51. The fourth-order valence-electron chi connectivity index (χ4n) is 3.33. The molecule has 7 nitrogen and oxygen atoms in total. The summed E-state index contributed by atoms with van der Waals surface area (Å²) in [5.41, 5.74) is 0.750. The highest BCUT2D eigenvalue weighted by atomic mass is 19.1. The molecule has 1 aromatic carbocycles. The largest absolute Gasteiger partial charge is 0.339 e. The van der Waals surface area contributed by atoms with Gasteiger partial charge >= 0.3 is 0 Å². The predicted molar refractivity (Wildman–Crippen MR) is 93.8 cm³/mol. The monoisotopic (exact) mass is 375 g/mol. The van der Waals surface area contributed by atoms with Crippen molar-refractivity contribution in [2.24, 2.45) is 0 Å². The number of halogens is 1. The summed E-state index contributed by atoms with van der Waals surface area (Å²) in [4.78, 5) is 52.3. The number of likely N-dealkylation sites (tertiary alicyclic amines) is 1. The van der Waals surface area contributed by atoms with Gasteiger partial charge in [0.05, 0.1) is 6.42 Å². The Morgan fingerprint density at radius 1 is 0.852 bits per heavy atom. The van der Waals surface area contributed by atoms with Crippen molar-refractivity contribution in [1.29, 1.82) is 0 Å². The number of imide groups is 1. The van der Waals surface area contributed by atoms with Crippen molar-refractivity contribution in [3.63, 3.8) is 0 Å². The van der Waals surface area contributed by atoms with E-state index in [0.29, 0.717) is 26.2 Å². The summed E-state index contributed by atoms with van der Waals surface area (Å²) in [5, 5.41) is 0. The van der Waals surface area contributed by atoms with Crippen LogP contribution in [-0.2, 0) is 25.6 Å². The quantitative estimate of drug-likeness (QED) is 0.706. The minimum Gasteiger partial charge on any atom is -0.339 e. The van der Waals surface area contributed by atoms with Crippen LogP contribution < -0.4 is 0 Å². The van der Waals surface area contributed by atoms with E-state index in [4.69, 9.17) is 0 Å². The molecule has 0 aromatic heterocycles. The second-order valence-electron chi connectivity index (χ2n) is 6.75. The van der Waals surface area contributed by atoms with Crippen molar-refractivity contribution in [3.8, 4) is 0 Å². The van der Waals surface area contributed by atoms with Gasteiger partial charge in [-0.25, -0.2) is 4.39 Å². The van der Waals surface area contributed by atoms with Crippen LogP contribution in [0, 0.1) is 5.82 Å². The molecule has 0 radical (unpaired) electrons. The first-order valence-electron chi connectivity index (χ1n) is 9.07. The third kappa shape index (κ3) is 4.69. The van der Waals surface area contributed by atoms with E-state index in [9.17, 15) is 23.6 Å². The summed E-state index contributed by atoms with van der Waals surface area (Å²) in [6, 6.07) is 5.84. The number of hydrogen-bond donors (Lipinski definition) is 0. The summed E-state index contributed by atoms with van der Waals surface area (Å²) in [6.45, 7) is 1.85. The fourth-order valence-corrected chi connectivity index (χ4v) is 3.33. The highest BCUT2D eigenvalue weighted by Crippen LogP contribution is 2.13. The highest BCUT2D eigenvalue weighted by Gasteiger charge is 2.30. The molecular formula is C19H22FN3O4. The van der Waals surface area contributed by atoms with E-state index >= 15 is 0 Å². The molecule has 2 aliphatic heterocycles. The molecular weight excluding hydrogens is 353 g/mol. The van der Waals surface area contributed by atoms with Crippen LogP contribution in [0.3, 0.4) is 0 Å². The van der Waals surface area contributed by atoms with Crippen LogP contribution in [0.15, 0.2) is 24.3 Å². The second-order valence-corrected chi connectivity index (χ2v) is 6.75. The zero-order chi connectivity index (χ0) is 19.4. The summed E-state index contributed by atoms with van der Waals surface area (Å²) in [7, 11) is 0. The zero-order valence-corrected chi connectivity index (χ0v) is 15.0. The molecule has 1 aromatic rings. The molecule has 0 spiro atoms. The van der Waals surface area contributed by atoms with Crippen molar-refractivity contribution in [3.05, 3.63) is 35.6 Å². The first kappa shape index (κ1) is 19.0. The minimum atomic E-state index is -0.337. The van der Waals surface area contributed by atoms with E-state index in [2.05, 4.69) is 0 Å². The Kier molecular flexibility index (Phi) is 5.83. The molecule has 0 saturated carbocycles. The van der Waals surface area contributed by atoms with Gasteiger partial charge in [-0.3, -0.25) is 24.1 Å². The molecule has 27 heavy (non-hydrogen) atoms. The maximum atomic E-state index is 12.9. The van der Waals surface area contributed by atoms with E-state index in [1.807, 2.05) is 0 Å². The Morgan fingerprint density at radius 3 is 1.93 bits per heavy atom. The Morgan fingerprint density at radius 2 is 1.37 bits per heavy atom. The van der Waals surface area contributed by atoms with Gasteiger partial charge in [-0.1, -0.05) is 12.1 Å². The molecule has 2 aliphatic rings. The number of rotatable bonds is 5. The van der Waals surface area contributed by atoms with Crippen LogP contribution >= 0.6 is 0 Å². The molecule has 0 unspecified atom stereocenters. The number of benzene rings is 1. The molecule has 0 N–H and O–H groups in total. The summed E-state index contributed by atoms with van der Waals surface area (Å²) >= 11 is 0. The molecule has 2 saturated heterocycles. The molecule has 2 heterocycles. The number of piperazine rings is 1. The third-order valence-corrected chi connectivity index (χ3v) is 4.96.